The molecule has 0 aliphatic carbocycles. The van der Waals surface area contributed by atoms with Crippen molar-refractivity contribution in [3.8, 4) is 0 Å². The summed E-state index contributed by atoms with van der Waals surface area (Å²) in [6, 6.07) is 9.60. The lowest BCUT2D eigenvalue weighted by Gasteiger charge is -2.12. The third-order valence-electron chi connectivity index (χ3n) is 3.42. The van der Waals surface area contributed by atoms with Crippen molar-refractivity contribution in [1.82, 2.24) is 5.32 Å². The second kappa shape index (κ2) is 9.81. The van der Waals surface area contributed by atoms with E-state index in [1.165, 1.54) is 49.6 Å². The second-order valence-corrected chi connectivity index (χ2v) is 6.96. The van der Waals surface area contributed by atoms with E-state index < -0.39 is 17.3 Å². The zero-order chi connectivity index (χ0) is 20.7. The summed E-state index contributed by atoms with van der Waals surface area (Å²) in [6.07, 6.45) is 0. The summed E-state index contributed by atoms with van der Waals surface area (Å²) < 4.78 is 42.8. The molecule has 0 saturated heterocycles. The summed E-state index contributed by atoms with van der Waals surface area (Å²) in [5, 5.41) is 5.19. The van der Waals surface area contributed by atoms with Crippen LogP contribution in [-0.2, 0) is 4.74 Å². The van der Waals surface area contributed by atoms with Gasteiger partial charge in [-0.1, -0.05) is 23.7 Å². The summed E-state index contributed by atoms with van der Waals surface area (Å²) in [6.45, 7) is 0.644. The number of hydrogen-bond donors (Lipinski definition) is 2. The van der Waals surface area contributed by atoms with E-state index in [2.05, 4.69) is 10.6 Å². The molecular weight excluding hydrogens is 417 g/mol. The number of rotatable bonds is 7. The minimum Gasteiger partial charge on any atom is -0.383 e. The lowest BCUT2D eigenvalue weighted by molar-refractivity contribution is -0.0328. The average Bonchev–Trinajstić information content (AvgIpc) is 2.61. The van der Waals surface area contributed by atoms with Crippen LogP contribution in [0.25, 0.3) is 0 Å². The predicted octanol–water partition coefficient (Wildman–Crippen LogP) is 4.58. The maximum absolute atomic E-state index is 12.7. The monoisotopic (exact) mass is 432 g/mol. The van der Waals surface area contributed by atoms with Gasteiger partial charge in [0.1, 0.15) is 0 Å². The van der Waals surface area contributed by atoms with Crippen molar-refractivity contribution >= 4 is 40.9 Å². The highest BCUT2D eigenvalue weighted by atomic mass is 35.5. The highest BCUT2D eigenvalue weighted by molar-refractivity contribution is 8.00. The van der Waals surface area contributed by atoms with Crippen LogP contribution in [-0.4, -0.2) is 37.6 Å². The highest BCUT2D eigenvalue weighted by Gasteiger charge is 2.31. The minimum atomic E-state index is -4.52. The van der Waals surface area contributed by atoms with Gasteiger partial charge in [0, 0.05) is 24.2 Å². The van der Waals surface area contributed by atoms with Crippen LogP contribution in [0.3, 0.4) is 0 Å². The topological polar surface area (TPSA) is 67.4 Å². The lowest BCUT2D eigenvalue weighted by atomic mass is 10.1. The molecule has 0 spiro atoms. The number of carbonyl (C=O) groups excluding carboxylic acids is 2. The number of anilines is 1. The number of carbonyl (C=O) groups is 2. The quantitative estimate of drug-likeness (QED) is 0.496. The van der Waals surface area contributed by atoms with Crippen LogP contribution >= 0.6 is 23.4 Å². The van der Waals surface area contributed by atoms with Crippen molar-refractivity contribution in [2.24, 2.45) is 0 Å². The van der Waals surface area contributed by atoms with Gasteiger partial charge >= 0.3 is 5.51 Å². The fourth-order valence-electron chi connectivity index (χ4n) is 2.21. The van der Waals surface area contributed by atoms with Crippen LogP contribution in [0.4, 0.5) is 18.9 Å². The second-order valence-electron chi connectivity index (χ2n) is 5.44. The van der Waals surface area contributed by atoms with Gasteiger partial charge in [-0.25, -0.2) is 0 Å². The lowest BCUT2D eigenvalue weighted by Crippen LogP contribution is -2.27. The first-order chi connectivity index (χ1) is 13.2. The molecule has 2 aromatic carbocycles. The summed E-state index contributed by atoms with van der Waals surface area (Å²) in [7, 11) is 1.50. The molecule has 2 N–H and O–H groups in total. The summed E-state index contributed by atoms with van der Waals surface area (Å²) in [5.74, 6) is -1.13. The van der Waals surface area contributed by atoms with Crippen LogP contribution in [0.2, 0.25) is 5.02 Å². The van der Waals surface area contributed by atoms with E-state index in [1.54, 1.807) is 0 Å². The first kappa shape index (κ1) is 22.1. The maximum Gasteiger partial charge on any atom is 0.446 e. The average molecular weight is 433 g/mol. The van der Waals surface area contributed by atoms with E-state index in [9.17, 15) is 22.8 Å². The smallest absolute Gasteiger partial charge is 0.383 e. The van der Waals surface area contributed by atoms with E-state index in [4.69, 9.17) is 16.3 Å². The number of hydrogen-bond acceptors (Lipinski definition) is 4. The molecule has 0 saturated carbocycles. The molecule has 0 unspecified atom stereocenters. The van der Waals surface area contributed by atoms with Crippen LogP contribution < -0.4 is 10.6 Å². The number of benzene rings is 2. The number of ether oxygens (including phenoxy) is 1. The third kappa shape index (κ3) is 6.43. The summed E-state index contributed by atoms with van der Waals surface area (Å²) >= 11 is 5.72. The SMILES string of the molecule is COCCNC(=O)c1ccc(NC(=O)c2ccccc2SC(F)(F)F)cc1Cl. The van der Waals surface area contributed by atoms with Gasteiger partial charge in [0.15, 0.2) is 0 Å². The molecule has 0 atom stereocenters. The molecule has 0 aromatic heterocycles. The summed E-state index contributed by atoms with van der Waals surface area (Å²) in [5.41, 5.74) is -4.20. The van der Waals surface area contributed by atoms with E-state index in [0.29, 0.717) is 13.2 Å². The molecule has 0 heterocycles. The zero-order valence-corrected chi connectivity index (χ0v) is 16.2. The van der Waals surface area contributed by atoms with Crippen molar-refractivity contribution in [1.29, 1.82) is 0 Å². The Hall–Kier alpha value is -2.23. The first-order valence-electron chi connectivity index (χ1n) is 7.94. The molecule has 2 amide bonds. The Kier molecular flexibility index (Phi) is 7.73. The molecule has 0 bridgehead atoms. The van der Waals surface area contributed by atoms with Crippen molar-refractivity contribution < 1.29 is 27.5 Å². The number of nitrogens with one attached hydrogen (secondary N) is 2. The molecule has 150 valence electrons. The fourth-order valence-corrected chi connectivity index (χ4v) is 3.14. The molecule has 0 aliphatic heterocycles. The molecular formula is C18H16ClF3N2O3S. The van der Waals surface area contributed by atoms with Gasteiger partial charge < -0.3 is 15.4 Å². The summed E-state index contributed by atoms with van der Waals surface area (Å²) in [4.78, 5) is 24.2. The van der Waals surface area contributed by atoms with Gasteiger partial charge in [-0.15, -0.1) is 0 Å². The van der Waals surface area contributed by atoms with Crippen LogP contribution in [0, 0.1) is 0 Å². The van der Waals surface area contributed by atoms with Crippen LogP contribution in [0.1, 0.15) is 20.7 Å². The van der Waals surface area contributed by atoms with Crippen molar-refractivity contribution in [2.45, 2.75) is 10.4 Å². The Morgan fingerprint density at radius 2 is 1.82 bits per heavy atom. The van der Waals surface area contributed by atoms with Gasteiger partial charge in [0.05, 0.1) is 22.8 Å². The molecule has 2 rings (SSSR count). The van der Waals surface area contributed by atoms with Crippen molar-refractivity contribution in [3.05, 3.63) is 58.6 Å². The highest BCUT2D eigenvalue weighted by Crippen LogP contribution is 2.38. The Bertz CT molecular complexity index is 862. The molecule has 0 fully saturated rings. The predicted molar refractivity (Wildman–Crippen MR) is 102 cm³/mol. The molecule has 28 heavy (non-hydrogen) atoms. The van der Waals surface area contributed by atoms with E-state index in [-0.39, 0.29) is 38.5 Å². The number of alkyl halides is 3. The third-order valence-corrected chi connectivity index (χ3v) is 4.54. The Morgan fingerprint density at radius 3 is 2.46 bits per heavy atom. The zero-order valence-electron chi connectivity index (χ0n) is 14.6. The van der Waals surface area contributed by atoms with Crippen molar-refractivity contribution in [2.75, 3.05) is 25.6 Å². The van der Waals surface area contributed by atoms with Crippen LogP contribution in [0.15, 0.2) is 47.4 Å². The fraction of sp³-hybridized carbons (Fsp3) is 0.222. The maximum atomic E-state index is 12.7. The van der Waals surface area contributed by atoms with E-state index in [0.717, 1.165) is 0 Å². The molecule has 5 nitrogen and oxygen atoms in total. The van der Waals surface area contributed by atoms with Gasteiger partial charge in [0.25, 0.3) is 11.8 Å². The van der Waals surface area contributed by atoms with Crippen LogP contribution in [0.5, 0.6) is 0 Å². The van der Waals surface area contributed by atoms with Gasteiger partial charge in [-0.3, -0.25) is 9.59 Å². The molecule has 0 aliphatic rings. The Labute approximate surface area is 168 Å². The van der Waals surface area contributed by atoms with Gasteiger partial charge in [0.2, 0.25) is 0 Å². The molecule has 2 aromatic rings. The Balaban J connectivity index is 2.13. The normalized spacial score (nSPS) is 11.2. The number of thioether (sulfide) groups is 1. The van der Waals surface area contributed by atoms with Gasteiger partial charge in [-0.2, -0.15) is 13.2 Å². The number of amides is 2. The van der Waals surface area contributed by atoms with E-state index >= 15 is 0 Å². The van der Waals surface area contributed by atoms with Gasteiger partial charge in [-0.05, 0) is 42.1 Å². The van der Waals surface area contributed by atoms with E-state index in [1.807, 2.05) is 0 Å². The minimum absolute atomic E-state index is 0.0886. The largest absolute Gasteiger partial charge is 0.446 e. The Morgan fingerprint density at radius 1 is 1.11 bits per heavy atom. The number of halogens is 4. The number of methoxy groups -OCH3 is 1. The standard InChI is InChI=1S/C18H16ClF3N2O3S/c1-27-9-8-23-16(25)12-7-6-11(10-14(12)19)24-17(26)13-4-2-3-5-15(13)28-18(20,21)22/h2-7,10H,8-9H2,1H3,(H,23,25)(H,24,26). The van der Waals surface area contributed by atoms with Crippen molar-refractivity contribution in [3.63, 3.8) is 0 Å². The molecule has 10 heteroatoms. The molecule has 0 radical (unpaired) electrons. The first-order valence-corrected chi connectivity index (χ1v) is 9.13.